The molecular formula is C44H42N8O5S3. The predicted octanol–water partition coefficient (Wildman–Crippen LogP) is 7.04. The number of aliphatic hydroxyl groups excluding tert-OH is 1. The van der Waals surface area contributed by atoms with E-state index in [4.69, 9.17) is 15.0 Å². The molecule has 0 radical (unpaired) electrons. The van der Waals surface area contributed by atoms with Gasteiger partial charge in [0.05, 0.1) is 28.9 Å². The number of likely N-dealkylation sites (tertiary alicyclic amines) is 2. The van der Waals surface area contributed by atoms with Crippen molar-refractivity contribution in [3.8, 4) is 20.5 Å². The van der Waals surface area contributed by atoms with Crippen molar-refractivity contribution < 1.29 is 24.3 Å². The number of thiazole rings is 1. The third-order valence-corrected chi connectivity index (χ3v) is 14.8. The van der Waals surface area contributed by atoms with E-state index in [-0.39, 0.29) is 29.8 Å². The summed E-state index contributed by atoms with van der Waals surface area (Å²) in [5.41, 5.74) is 4.31. The van der Waals surface area contributed by atoms with Gasteiger partial charge in [0.25, 0.3) is 0 Å². The third kappa shape index (κ3) is 7.95. The second kappa shape index (κ2) is 17.0. The van der Waals surface area contributed by atoms with Crippen molar-refractivity contribution in [2.75, 3.05) is 19.7 Å². The molecule has 4 amide bonds. The standard InChI is InChI=1S/C44H42N8O5S3/c1-25(54)48-39(26-10-4-2-5-11-26)43(56)51-16-8-14-31(51)29-18-28(21-45-29)33-19-34-35(58-33)20-36(59-34)37-23-47-42(60-37)30-22-46-41(49-30)32-15-9-17-52(32)44(57)40(50-38(55)24-53)27-12-6-3-7-13-27/h2-7,10-13,19-23,31-32,39-40,53H,8-9,14-18,24H2,1H3,(H,46,49)(H,48,54)(H,50,55)/t31?,32-,39+,40+/m0/s1. The molecule has 306 valence electrons. The minimum absolute atomic E-state index is 0.105. The van der Waals surface area contributed by atoms with E-state index in [1.54, 1.807) is 57.2 Å². The summed E-state index contributed by atoms with van der Waals surface area (Å²) < 4.78 is 2.37. The number of allylic oxidation sites excluding steroid dienone is 1. The zero-order valence-corrected chi connectivity index (χ0v) is 35.1. The van der Waals surface area contributed by atoms with Crippen molar-refractivity contribution >= 4 is 78.3 Å². The van der Waals surface area contributed by atoms with Crippen molar-refractivity contribution in [2.24, 2.45) is 4.99 Å². The summed E-state index contributed by atoms with van der Waals surface area (Å²) in [4.78, 5) is 76.8. The molecule has 0 bridgehead atoms. The van der Waals surface area contributed by atoms with Crippen LogP contribution in [-0.4, -0.2) is 84.9 Å². The molecule has 0 spiro atoms. The second-order valence-electron chi connectivity index (χ2n) is 15.1. The minimum Gasteiger partial charge on any atom is -0.387 e. The fraction of sp³-hybridized carbons (Fsp3) is 0.295. The lowest BCUT2D eigenvalue weighted by Crippen LogP contribution is -2.46. The number of aromatic nitrogens is 3. The largest absolute Gasteiger partial charge is 0.387 e. The third-order valence-electron chi connectivity index (χ3n) is 11.2. The number of carbonyl (C=O) groups excluding carboxylic acids is 4. The lowest BCUT2D eigenvalue weighted by Gasteiger charge is -2.29. The number of hydrogen-bond donors (Lipinski definition) is 4. The van der Waals surface area contributed by atoms with Crippen LogP contribution in [0.4, 0.5) is 0 Å². The lowest BCUT2D eigenvalue weighted by atomic mass is 10.0. The van der Waals surface area contributed by atoms with Gasteiger partial charge in [0.1, 0.15) is 29.5 Å². The lowest BCUT2D eigenvalue weighted by molar-refractivity contribution is -0.138. The van der Waals surface area contributed by atoms with E-state index in [9.17, 15) is 24.3 Å². The van der Waals surface area contributed by atoms with Gasteiger partial charge in [0, 0.05) is 63.7 Å². The Balaban J connectivity index is 0.856. The SMILES string of the molecule is CC(=O)N[C@@H](C(=O)N1CCCC1C1=NC=C(c2cc3sc(-c4cnc(-c5cnc([C@@H]6CCCN6C(=O)[C@H](NC(=O)CO)c6ccccc6)[nH]5)s4)cc3s2)C1)c1ccccc1. The smallest absolute Gasteiger partial charge is 0.250 e. The van der Waals surface area contributed by atoms with Gasteiger partial charge in [-0.25, -0.2) is 9.97 Å². The van der Waals surface area contributed by atoms with Crippen LogP contribution in [0.25, 0.3) is 35.4 Å². The van der Waals surface area contributed by atoms with Crippen LogP contribution < -0.4 is 10.6 Å². The first-order valence-electron chi connectivity index (χ1n) is 19.9. The average Bonchev–Trinajstić information content (AvgIpc) is 4.11. The number of thiophene rings is 2. The van der Waals surface area contributed by atoms with Crippen molar-refractivity contribution in [3.05, 3.63) is 113 Å². The van der Waals surface area contributed by atoms with Gasteiger partial charge in [0.2, 0.25) is 23.6 Å². The maximum Gasteiger partial charge on any atom is 0.250 e. The molecule has 3 aliphatic heterocycles. The van der Waals surface area contributed by atoms with Crippen LogP contribution in [0.2, 0.25) is 0 Å². The van der Waals surface area contributed by atoms with Gasteiger partial charge < -0.3 is 30.5 Å². The summed E-state index contributed by atoms with van der Waals surface area (Å²) in [6, 6.07) is 20.8. The highest BCUT2D eigenvalue weighted by Crippen LogP contribution is 2.44. The first-order chi connectivity index (χ1) is 29.2. The number of carbonyl (C=O) groups is 4. The molecule has 2 saturated heterocycles. The van der Waals surface area contributed by atoms with Crippen molar-refractivity contribution in [1.82, 2.24) is 35.4 Å². The quantitative estimate of drug-likeness (QED) is 0.102. The summed E-state index contributed by atoms with van der Waals surface area (Å²) in [6.45, 7) is 1.89. The number of rotatable bonds is 12. The molecule has 0 saturated carbocycles. The highest BCUT2D eigenvalue weighted by Gasteiger charge is 2.39. The Morgan fingerprint density at radius 1 is 0.783 bits per heavy atom. The van der Waals surface area contributed by atoms with E-state index < -0.39 is 24.6 Å². The second-order valence-corrected chi connectivity index (χ2v) is 18.3. The number of amides is 4. The van der Waals surface area contributed by atoms with E-state index in [0.717, 1.165) is 67.9 Å². The molecule has 7 heterocycles. The first-order valence-corrected chi connectivity index (χ1v) is 22.4. The molecule has 2 fully saturated rings. The van der Waals surface area contributed by atoms with Crippen LogP contribution >= 0.6 is 34.0 Å². The Morgan fingerprint density at radius 3 is 2.07 bits per heavy atom. The van der Waals surface area contributed by atoms with Gasteiger partial charge in [0.15, 0.2) is 0 Å². The summed E-state index contributed by atoms with van der Waals surface area (Å²) in [7, 11) is 0. The van der Waals surface area contributed by atoms with Gasteiger partial charge in [-0.05, 0) is 54.5 Å². The van der Waals surface area contributed by atoms with Crippen LogP contribution in [-0.2, 0) is 19.2 Å². The number of benzene rings is 2. The molecule has 60 heavy (non-hydrogen) atoms. The Hall–Kier alpha value is -5.81. The van der Waals surface area contributed by atoms with Gasteiger partial charge >= 0.3 is 0 Å². The fourth-order valence-corrected chi connectivity index (χ4v) is 11.7. The molecule has 3 aliphatic rings. The predicted molar refractivity (Wildman–Crippen MR) is 234 cm³/mol. The summed E-state index contributed by atoms with van der Waals surface area (Å²) in [6.07, 6.45) is 9.52. The number of aliphatic imine (C=N–C) groups is 1. The van der Waals surface area contributed by atoms with Crippen LogP contribution in [0, 0.1) is 0 Å². The molecule has 4 atom stereocenters. The normalized spacial score (nSPS) is 18.7. The Kier molecular flexibility index (Phi) is 11.3. The van der Waals surface area contributed by atoms with Crippen molar-refractivity contribution in [1.29, 1.82) is 0 Å². The minimum atomic E-state index is -0.920. The van der Waals surface area contributed by atoms with Crippen molar-refractivity contribution in [2.45, 2.75) is 63.2 Å². The molecular weight excluding hydrogens is 817 g/mol. The molecule has 1 unspecified atom stereocenters. The van der Waals surface area contributed by atoms with Crippen LogP contribution in [0.15, 0.2) is 96.4 Å². The summed E-state index contributed by atoms with van der Waals surface area (Å²) >= 11 is 5.04. The van der Waals surface area contributed by atoms with Crippen LogP contribution in [0.5, 0.6) is 0 Å². The summed E-state index contributed by atoms with van der Waals surface area (Å²) in [5, 5.41) is 15.8. The van der Waals surface area contributed by atoms with E-state index in [1.807, 2.05) is 65.8 Å². The van der Waals surface area contributed by atoms with E-state index >= 15 is 0 Å². The molecule has 4 aromatic heterocycles. The maximum atomic E-state index is 13.9. The number of fused-ring (bicyclic) bond motifs is 1. The molecule has 13 nitrogen and oxygen atoms in total. The van der Waals surface area contributed by atoms with E-state index in [2.05, 4.69) is 27.8 Å². The van der Waals surface area contributed by atoms with Gasteiger partial charge in [-0.3, -0.25) is 24.2 Å². The molecule has 6 aromatic rings. The zero-order chi connectivity index (χ0) is 41.3. The Labute approximate surface area is 357 Å². The number of aliphatic hydroxyl groups is 1. The van der Waals surface area contributed by atoms with E-state index in [1.165, 1.54) is 16.3 Å². The number of aromatic amines is 1. The van der Waals surface area contributed by atoms with E-state index in [0.29, 0.717) is 30.9 Å². The highest BCUT2D eigenvalue weighted by molar-refractivity contribution is 7.31. The topological polar surface area (TPSA) is 173 Å². The Morgan fingerprint density at radius 2 is 1.40 bits per heavy atom. The average molecular weight is 859 g/mol. The maximum absolute atomic E-state index is 13.9. The van der Waals surface area contributed by atoms with Gasteiger partial charge in [-0.15, -0.1) is 34.0 Å². The van der Waals surface area contributed by atoms with Crippen LogP contribution in [0.3, 0.4) is 0 Å². The number of H-pyrrole nitrogens is 1. The van der Waals surface area contributed by atoms with Crippen molar-refractivity contribution in [3.63, 3.8) is 0 Å². The number of nitrogens with zero attached hydrogens (tertiary/aromatic N) is 5. The van der Waals surface area contributed by atoms with Crippen LogP contribution in [0.1, 0.15) is 79.0 Å². The molecule has 9 rings (SSSR count). The van der Waals surface area contributed by atoms with Gasteiger partial charge in [-0.2, -0.15) is 0 Å². The highest BCUT2D eigenvalue weighted by atomic mass is 32.1. The Bertz CT molecular complexity index is 2600. The number of hydrogen-bond acceptors (Lipinski definition) is 11. The summed E-state index contributed by atoms with van der Waals surface area (Å²) in [5.74, 6) is -0.549. The fourth-order valence-electron chi connectivity index (χ4n) is 8.34. The number of imidazole rings is 1. The first kappa shape index (κ1) is 39.6. The molecule has 2 aromatic carbocycles. The molecule has 0 aliphatic carbocycles. The van der Waals surface area contributed by atoms with Gasteiger partial charge in [-0.1, -0.05) is 60.7 Å². The zero-order valence-electron chi connectivity index (χ0n) is 32.7. The molecule has 4 N–H and O–H groups in total. The monoisotopic (exact) mass is 858 g/mol. The molecule has 16 heteroatoms. The number of nitrogens with one attached hydrogen (secondary N) is 3.